The van der Waals surface area contributed by atoms with E-state index in [1.165, 1.54) is 12.2 Å². The van der Waals surface area contributed by atoms with Crippen LogP contribution in [-0.2, 0) is 9.59 Å². The van der Waals surface area contributed by atoms with Gasteiger partial charge >= 0.3 is 11.9 Å². The minimum Gasteiger partial charge on any atom is -0.481 e. The summed E-state index contributed by atoms with van der Waals surface area (Å²) in [6.07, 6.45) is 2.53. The van der Waals surface area contributed by atoms with Crippen molar-refractivity contribution in [2.75, 3.05) is 0 Å². The van der Waals surface area contributed by atoms with Crippen LogP contribution in [0.2, 0.25) is 0 Å². The van der Waals surface area contributed by atoms with E-state index in [1.807, 2.05) is 0 Å². The first-order valence-electron chi connectivity index (χ1n) is 3.15. The van der Waals surface area contributed by atoms with Crippen LogP contribution < -0.4 is 0 Å². The van der Waals surface area contributed by atoms with Crippen molar-refractivity contribution in [1.29, 1.82) is 0 Å². The smallest absolute Gasteiger partial charge is 0.310 e. The lowest BCUT2D eigenvalue weighted by Gasteiger charge is -2.01. The number of allylic oxidation sites excluding steroid dienone is 1. The van der Waals surface area contributed by atoms with Crippen LogP contribution >= 0.6 is 0 Å². The third-order valence-corrected chi connectivity index (χ3v) is 1.14. The van der Waals surface area contributed by atoms with Gasteiger partial charge in [0.1, 0.15) is 0 Å². The molecule has 4 nitrogen and oxygen atoms in total. The van der Waals surface area contributed by atoms with Crippen molar-refractivity contribution >= 4 is 11.9 Å². The standard InChI is InChI=1S/C7H10O4/c1-2-3-5(7(10)11)4-6(8)9/h2-3,5H,4H2,1H3,(H,8,9)(H,10,11)/b3-2-. The Bertz CT molecular complexity index is 183. The first-order chi connectivity index (χ1) is 5.07. The average Bonchev–Trinajstić information content (AvgIpc) is 1.86. The lowest BCUT2D eigenvalue weighted by molar-refractivity contribution is -0.146. The normalized spacial score (nSPS) is 13.2. The summed E-state index contributed by atoms with van der Waals surface area (Å²) in [4.78, 5) is 20.4. The molecule has 0 saturated carbocycles. The van der Waals surface area contributed by atoms with E-state index < -0.39 is 17.9 Å². The first kappa shape index (κ1) is 9.68. The molecule has 0 aromatic rings. The molecular formula is C7H10O4. The van der Waals surface area contributed by atoms with E-state index in [0.29, 0.717) is 0 Å². The van der Waals surface area contributed by atoms with Crippen LogP contribution in [0.1, 0.15) is 13.3 Å². The molecule has 0 heterocycles. The number of hydrogen-bond acceptors (Lipinski definition) is 2. The second-order valence-electron chi connectivity index (χ2n) is 2.07. The Kier molecular flexibility index (Phi) is 3.95. The lowest BCUT2D eigenvalue weighted by atomic mass is 10.1. The van der Waals surface area contributed by atoms with Crippen molar-refractivity contribution in [3.63, 3.8) is 0 Å². The van der Waals surface area contributed by atoms with Gasteiger partial charge in [-0.05, 0) is 6.92 Å². The summed E-state index contributed by atoms with van der Waals surface area (Å²) in [5, 5.41) is 16.7. The molecule has 0 amide bonds. The third-order valence-electron chi connectivity index (χ3n) is 1.14. The molecule has 2 N–H and O–H groups in total. The molecule has 11 heavy (non-hydrogen) atoms. The van der Waals surface area contributed by atoms with E-state index in [9.17, 15) is 9.59 Å². The summed E-state index contributed by atoms with van der Waals surface area (Å²) in [6, 6.07) is 0. The first-order valence-corrected chi connectivity index (χ1v) is 3.15. The van der Waals surface area contributed by atoms with E-state index in [1.54, 1.807) is 6.92 Å². The summed E-state index contributed by atoms with van der Waals surface area (Å²) in [7, 11) is 0. The molecule has 0 radical (unpaired) electrons. The maximum absolute atomic E-state index is 10.3. The summed E-state index contributed by atoms with van der Waals surface area (Å²) in [5.41, 5.74) is 0. The minimum absolute atomic E-state index is 0.361. The van der Waals surface area contributed by atoms with Crippen LogP contribution in [0, 0.1) is 5.92 Å². The van der Waals surface area contributed by atoms with Gasteiger partial charge < -0.3 is 10.2 Å². The Morgan fingerprint density at radius 2 is 2.00 bits per heavy atom. The van der Waals surface area contributed by atoms with Gasteiger partial charge in [-0.2, -0.15) is 0 Å². The topological polar surface area (TPSA) is 74.6 Å². The molecule has 62 valence electrons. The zero-order valence-corrected chi connectivity index (χ0v) is 6.15. The molecule has 0 aromatic carbocycles. The van der Waals surface area contributed by atoms with Crippen molar-refractivity contribution in [3.05, 3.63) is 12.2 Å². The quantitative estimate of drug-likeness (QED) is 0.591. The third kappa shape index (κ3) is 4.13. The summed E-state index contributed by atoms with van der Waals surface area (Å²) in [6.45, 7) is 1.65. The maximum atomic E-state index is 10.3. The monoisotopic (exact) mass is 158 g/mol. The van der Waals surface area contributed by atoms with Gasteiger partial charge in [-0.15, -0.1) is 0 Å². The lowest BCUT2D eigenvalue weighted by Crippen LogP contribution is -2.15. The SMILES string of the molecule is C/C=C\C(CC(=O)O)C(=O)O. The molecule has 0 fully saturated rings. The molecule has 0 saturated heterocycles. The van der Waals surface area contributed by atoms with Crippen molar-refractivity contribution in [3.8, 4) is 0 Å². The second-order valence-corrected chi connectivity index (χ2v) is 2.07. The zero-order chi connectivity index (χ0) is 8.85. The van der Waals surface area contributed by atoms with Crippen LogP contribution in [-0.4, -0.2) is 22.2 Å². The summed E-state index contributed by atoms with van der Waals surface area (Å²) >= 11 is 0. The highest BCUT2D eigenvalue weighted by molar-refractivity contribution is 5.79. The highest BCUT2D eigenvalue weighted by Gasteiger charge is 2.16. The molecule has 0 bridgehead atoms. The summed E-state index contributed by atoms with van der Waals surface area (Å²) < 4.78 is 0. The average molecular weight is 158 g/mol. The number of aliphatic carboxylic acids is 2. The van der Waals surface area contributed by atoms with Crippen molar-refractivity contribution in [1.82, 2.24) is 0 Å². The molecule has 4 heteroatoms. The number of carbonyl (C=O) groups is 2. The van der Waals surface area contributed by atoms with Crippen molar-refractivity contribution in [2.24, 2.45) is 5.92 Å². The Morgan fingerprint density at radius 1 is 1.45 bits per heavy atom. The Hall–Kier alpha value is -1.32. The van der Waals surface area contributed by atoms with Gasteiger partial charge in [-0.3, -0.25) is 9.59 Å². The van der Waals surface area contributed by atoms with Gasteiger partial charge in [0.15, 0.2) is 0 Å². The van der Waals surface area contributed by atoms with Gasteiger partial charge in [-0.25, -0.2) is 0 Å². The van der Waals surface area contributed by atoms with Gasteiger partial charge in [0.05, 0.1) is 12.3 Å². The Labute approximate surface area is 64.2 Å². The minimum atomic E-state index is -1.11. The highest BCUT2D eigenvalue weighted by Crippen LogP contribution is 2.04. The zero-order valence-electron chi connectivity index (χ0n) is 6.15. The predicted octanol–water partition coefficient (Wildman–Crippen LogP) is 0.738. The van der Waals surface area contributed by atoms with E-state index >= 15 is 0 Å². The molecule has 0 spiro atoms. The van der Waals surface area contributed by atoms with Crippen molar-refractivity contribution in [2.45, 2.75) is 13.3 Å². The van der Waals surface area contributed by atoms with E-state index in [2.05, 4.69) is 0 Å². The predicted molar refractivity (Wildman–Crippen MR) is 38.2 cm³/mol. The largest absolute Gasteiger partial charge is 0.481 e. The van der Waals surface area contributed by atoms with E-state index in [-0.39, 0.29) is 6.42 Å². The fourth-order valence-electron chi connectivity index (χ4n) is 0.658. The van der Waals surface area contributed by atoms with Gasteiger partial charge in [0, 0.05) is 0 Å². The van der Waals surface area contributed by atoms with Gasteiger partial charge in [-0.1, -0.05) is 12.2 Å². The molecular weight excluding hydrogens is 148 g/mol. The Morgan fingerprint density at radius 3 is 2.27 bits per heavy atom. The number of hydrogen-bond donors (Lipinski definition) is 2. The molecule has 0 aromatic heterocycles. The molecule has 0 aliphatic rings. The van der Waals surface area contributed by atoms with Gasteiger partial charge in [0.2, 0.25) is 0 Å². The molecule has 0 aliphatic heterocycles. The fourth-order valence-corrected chi connectivity index (χ4v) is 0.658. The number of carboxylic acid groups (broad SMARTS) is 2. The van der Waals surface area contributed by atoms with Gasteiger partial charge in [0.25, 0.3) is 0 Å². The summed E-state index contributed by atoms with van der Waals surface area (Å²) in [5.74, 6) is -3.11. The number of carboxylic acids is 2. The van der Waals surface area contributed by atoms with Crippen LogP contribution in [0.3, 0.4) is 0 Å². The molecule has 1 atom stereocenters. The van der Waals surface area contributed by atoms with E-state index in [0.717, 1.165) is 0 Å². The second kappa shape index (κ2) is 4.49. The van der Waals surface area contributed by atoms with Crippen LogP contribution in [0.25, 0.3) is 0 Å². The number of rotatable bonds is 4. The maximum Gasteiger partial charge on any atom is 0.310 e. The van der Waals surface area contributed by atoms with Crippen LogP contribution in [0.15, 0.2) is 12.2 Å². The van der Waals surface area contributed by atoms with E-state index in [4.69, 9.17) is 10.2 Å². The molecule has 0 rings (SSSR count). The molecule has 1 unspecified atom stereocenters. The Balaban J connectivity index is 4.11. The molecule has 0 aliphatic carbocycles. The fraction of sp³-hybridized carbons (Fsp3) is 0.429. The van der Waals surface area contributed by atoms with Crippen LogP contribution in [0.5, 0.6) is 0 Å². The highest BCUT2D eigenvalue weighted by atomic mass is 16.4. The van der Waals surface area contributed by atoms with Crippen molar-refractivity contribution < 1.29 is 19.8 Å². The van der Waals surface area contributed by atoms with Crippen LogP contribution in [0.4, 0.5) is 0 Å².